The Hall–Kier alpha value is -2.05. The van der Waals surface area contributed by atoms with Crippen LogP contribution in [0.1, 0.15) is 15.2 Å². The molecule has 1 aliphatic heterocycles. The van der Waals surface area contributed by atoms with Gasteiger partial charge in [-0.3, -0.25) is 9.69 Å². The first-order valence-corrected chi connectivity index (χ1v) is 8.01. The topological polar surface area (TPSA) is 61.4 Å². The molecular weight excluding hydrogens is 322 g/mol. The second-order valence-electron chi connectivity index (χ2n) is 4.82. The zero-order valence-electron chi connectivity index (χ0n) is 11.6. The van der Waals surface area contributed by atoms with E-state index in [0.717, 1.165) is 10.6 Å². The predicted molar refractivity (Wildman–Crippen MR) is 87.7 cm³/mol. The number of hydrogen-bond acceptors (Lipinski definition) is 3. The third-order valence-corrected chi connectivity index (χ3v) is 4.58. The second-order valence-corrected chi connectivity index (χ2v) is 6.62. The van der Waals surface area contributed by atoms with Crippen LogP contribution in [-0.2, 0) is 6.54 Å². The van der Waals surface area contributed by atoms with Crippen molar-refractivity contribution in [3.63, 3.8) is 0 Å². The van der Waals surface area contributed by atoms with Gasteiger partial charge in [0.05, 0.1) is 10.9 Å². The molecule has 1 aromatic carbocycles. The Bertz CT molecular complexity index is 699. The Morgan fingerprint density at radius 3 is 2.64 bits per heavy atom. The third kappa shape index (κ3) is 3.23. The van der Waals surface area contributed by atoms with Crippen molar-refractivity contribution < 1.29 is 9.59 Å². The van der Waals surface area contributed by atoms with Gasteiger partial charge in [-0.05, 0) is 36.4 Å². The van der Waals surface area contributed by atoms with Gasteiger partial charge in [0, 0.05) is 29.2 Å². The van der Waals surface area contributed by atoms with Crippen molar-refractivity contribution in [2.75, 3.05) is 18.0 Å². The molecular formula is C15H14ClN3O2S. The molecule has 3 amide bonds. The number of halogens is 1. The number of nitrogens with one attached hydrogen (secondary N) is 2. The maximum atomic E-state index is 12.1. The second kappa shape index (κ2) is 6.37. The Labute approximate surface area is 136 Å². The van der Waals surface area contributed by atoms with Gasteiger partial charge in [-0.2, -0.15) is 0 Å². The van der Waals surface area contributed by atoms with Crippen molar-refractivity contribution >= 4 is 40.6 Å². The molecule has 3 rings (SSSR count). The minimum Gasteiger partial charge on any atom is -0.347 e. The summed E-state index contributed by atoms with van der Waals surface area (Å²) in [4.78, 5) is 26.3. The van der Waals surface area contributed by atoms with Crippen LogP contribution in [0.3, 0.4) is 0 Å². The predicted octanol–water partition coefficient (Wildman–Crippen LogP) is 2.86. The number of carbonyl (C=O) groups excluding carboxylic acids is 2. The quantitative estimate of drug-likeness (QED) is 0.902. The lowest BCUT2D eigenvalue weighted by Crippen LogP contribution is -2.27. The summed E-state index contributed by atoms with van der Waals surface area (Å²) in [5.74, 6) is -0.151. The standard InChI is InChI=1S/C15H14ClN3O2S/c16-13-6-5-12(22-13)9-18-14(20)10-1-3-11(4-2-10)19-8-7-17-15(19)21/h1-6H,7-9H2,(H,17,21)(H,18,20). The van der Waals surface area contributed by atoms with Gasteiger partial charge in [0.15, 0.2) is 0 Å². The molecule has 1 saturated heterocycles. The number of amides is 3. The Morgan fingerprint density at radius 2 is 2.05 bits per heavy atom. The van der Waals surface area contributed by atoms with Crippen molar-refractivity contribution in [1.82, 2.24) is 10.6 Å². The molecule has 0 spiro atoms. The molecule has 0 radical (unpaired) electrons. The van der Waals surface area contributed by atoms with E-state index in [2.05, 4.69) is 10.6 Å². The molecule has 0 aliphatic carbocycles. The summed E-state index contributed by atoms with van der Waals surface area (Å²) >= 11 is 7.30. The van der Waals surface area contributed by atoms with Crippen LogP contribution in [0.4, 0.5) is 10.5 Å². The lowest BCUT2D eigenvalue weighted by molar-refractivity contribution is 0.0951. The van der Waals surface area contributed by atoms with Crippen LogP contribution < -0.4 is 15.5 Å². The lowest BCUT2D eigenvalue weighted by atomic mass is 10.2. The average molecular weight is 336 g/mol. The largest absolute Gasteiger partial charge is 0.347 e. The summed E-state index contributed by atoms with van der Waals surface area (Å²) in [6.07, 6.45) is 0. The van der Waals surface area contributed by atoms with E-state index in [9.17, 15) is 9.59 Å². The average Bonchev–Trinajstić information content (AvgIpc) is 3.13. The molecule has 22 heavy (non-hydrogen) atoms. The monoisotopic (exact) mass is 335 g/mol. The number of rotatable bonds is 4. The summed E-state index contributed by atoms with van der Waals surface area (Å²) in [7, 11) is 0. The number of carbonyl (C=O) groups is 2. The number of benzene rings is 1. The van der Waals surface area contributed by atoms with Gasteiger partial charge < -0.3 is 10.6 Å². The number of anilines is 1. The summed E-state index contributed by atoms with van der Waals surface area (Å²) in [6.45, 7) is 1.74. The molecule has 1 aromatic heterocycles. The number of urea groups is 1. The molecule has 0 saturated carbocycles. The number of hydrogen-bond donors (Lipinski definition) is 2. The highest BCUT2D eigenvalue weighted by molar-refractivity contribution is 7.16. The summed E-state index contributed by atoms with van der Waals surface area (Å²) in [5.41, 5.74) is 1.35. The van der Waals surface area contributed by atoms with Gasteiger partial charge in [0.1, 0.15) is 0 Å². The molecule has 1 aliphatic rings. The zero-order valence-corrected chi connectivity index (χ0v) is 13.2. The SMILES string of the molecule is O=C(NCc1ccc(Cl)s1)c1ccc(N2CCNC2=O)cc1. The van der Waals surface area contributed by atoms with Crippen LogP contribution in [0.2, 0.25) is 4.34 Å². The minimum atomic E-state index is -0.151. The highest BCUT2D eigenvalue weighted by Gasteiger charge is 2.21. The molecule has 5 nitrogen and oxygen atoms in total. The van der Waals surface area contributed by atoms with Gasteiger partial charge in [-0.25, -0.2) is 4.79 Å². The fourth-order valence-corrected chi connectivity index (χ4v) is 3.25. The smallest absolute Gasteiger partial charge is 0.321 e. The zero-order chi connectivity index (χ0) is 15.5. The summed E-state index contributed by atoms with van der Waals surface area (Å²) in [6, 6.07) is 10.6. The van der Waals surface area contributed by atoms with E-state index in [-0.39, 0.29) is 11.9 Å². The molecule has 2 aromatic rings. The molecule has 114 valence electrons. The van der Waals surface area contributed by atoms with Crippen molar-refractivity contribution in [3.8, 4) is 0 Å². The first-order chi connectivity index (χ1) is 10.6. The van der Waals surface area contributed by atoms with Crippen molar-refractivity contribution in [3.05, 3.63) is 51.2 Å². The van der Waals surface area contributed by atoms with Crippen LogP contribution in [0.5, 0.6) is 0 Å². The lowest BCUT2D eigenvalue weighted by Gasteiger charge is -2.14. The highest BCUT2D eigenvalue weighted by Crippen LogP contribution is 2.21. The molecule has 1 fully saturated rings. The first kappa shape index (κ1) is 14.9. The highest BCUT2D eigenvalue weighted by atomic mass is 35.5. The van der Waals surface area contributed by atoms with Crippen LogP contribution in [-0.4, -0.2) is 25.0 Å². The van der Waals surface area contributed by atoms with E-state index in [0.29, 0.717) is 29.5 Å². The maximum absolute atomic E-state index is 12.1. The minimum absolute atomic E-state index is 0.105. The van der Waals surface area contributed by atoms with Crippen LogP contribution >= 0.6 is 22.9 Å². The van der Waals surface area contributed by atoms with Gasteiger partial charge in [0.2, 0.25) is 0 Å². The first-order valence-electron chi connectivity index (χ1n) is 6.81. The summed E-state index contributed by atoms with van der Waals surface area (Å²) < 4.78 is 0.706. The maximum Gasteiger partial charge on any atom is 0.321 e. The normalized spacial score (nSPS) is 14.0. The van der Waals surface area contributed by atoms with E-state index in [1.54, 1.807) is 29.2 Å². The van der Waals surface area contributed by atoms with Crippen LogP contribution in [0, 0.1) is 0 Å². The van der Waals surface area contributed by atoms with Gasteiger partial charge >= 0.3 is 6.03 Å². The Morgan fingerprint density at radius 1 is 1.27 bits per heavy atom. The van der Waals surface area contributed by atoms with Crippen LogP contribution in [0.25, 0.3) is 0 Å². The molecule has 0 bridgehead atoms. The fourth-order valence-electron chi connectivity index (χ4n) is 2.23. The number of thiophene rings is 1. The summed E-state index contributed by atoms with van der Waals surface area (Å²) in [5, 5.41) is 5.59. The molecule has 2 heterocycles. The van der Waals surface area contributed by atoms with E-state index in [1.165, 1.54) is 11.3 Å². The van der Waals surface area contributed by atoms with Gasteiger partial charge in [0.25, 0.3) is 5.91 Å². The van der Waals surface area contributed by atoms with Crippen molar-refractivity contribution in [2.45, 2.75) is 6.54 Å². The Kier molecular flexibility index (Phi) is 4.31. The number of nitrogens with zero attached hydrogens (tertiary/aromatic N) is 1. The van der Waals surface area contributed by atoms with E-state index < -0.39 is 0 Å². The van der Waals surface area contributed by atoms with Gasteiger partial charge in [-0.15, -0.1) is 11.3 Å². The molecule has 0 unspecified atom stereocenters. The van der Waals surface area contributed by atoms with E-state index in [4.69, 9.17) is 11.6 Å². The van der Waals surface area contributed by atoms with Gasteiger partial charge in [-0.1, -0.05) is 11.6 Å². The molecule has 7 heteroatoms. The third-order valence-electron chi connectivity index (χ3n) is 3.35. The molecule has 2 N–H and O–H groups in total. The fraction of sp³-hybridized carbons (Fsp3) is 0.200. The molecule has 0 atom stereocenters. The van der Waals surface area contributed by atoms with Crippen LogP contribution in [0.15, 0.2) is 36.4 Å². The van der Waals surface area contributed by atoms with E-state index in [1.807, 2.05) is 12.1 Å². The van der Waals surface area contributed by atoms with E-state index >= 15 is 0 Å². The van der Waals surface area contributed by atoms with Crippen molar-refractivity contribution in [2.24, 2.45) is 0 Å². The Balaban J connectivity index is 1.62. The van der Waals surface area contributed by atoms with Crippen molar-refractivity contribution in [1.29, 1.82) is 0 Å².